The molecule has 0 amide bonds. The molecule has 0 radical (unpaired) electrons. The molecule has 0 atom stereocenters. The number of ether oxygens (including phenoxy) is 1. The molecule has 4 aromatic rings. The predicted molar refractivity (Wildman–Crippen MR) is 95.6 cm³/mol. The van der Waals surface area contributed by atoms with E-state index in [1.54, 1.807) is 12.5 Å². The maximum atomic E-state index is 10.4. The highest BCUT2D eigenvalue weighted by atomic mass is 16.5. The molecular weight excluding hydrogens is 300 g/mol. The molecule has 4 rings (SSSR count). The van der Waals surface area contributed by atoms with Crippen LogP contribution in [-0.2, 0) is 16.1 Å². The van der Waals surface area contributed by atoms with Crippen molar-refractivity contribution < 1.29 is 13.9 Å². The third-order valence-corrected chi connectivity index (χ3v) is 3.65. The van der Waals surface area contributed by atoms with Crippen molar-refractivity contribution in [2.24, 2.45) is 0 Å². The van der Waals surface area contributed by atoms with Crippen LogP contribution in [-0.4, -0.2) is 5.97 Å². The molecular formula is C21H18O3. The highest BCUT2D eigenvalue weighted by Crippen LogP contribution is 2.22. The van der Waals surface area contributed by atoms with Gasteiger partial charge >= 0.3 is 5.97 Å². The van der Waals surface area contributed by atoms with Gasteiger partial charge in [-0.15, -0.1) is 0 Å². The van der Waals surface area contributed by atoms with Gasteiger partial charge in [0.15, 0.2) is 0 Å². The van der Waals surface area contributed by atoms with Gasteiger partial charge in [0.25, 0.3) is 0 Å². The summed E-state index contributed by atoms with van der Waals surface area (Å²) in [4.78, 5) is 10.4. The van der Waals surface area contributed by atoms with Crippen LogP contribution < -0.4 is 0 Å². The van der Waals surface area contributed by atoms with Gasteiger partial charge in [-0.2, -0.15) is 0 Å². The minimum absolute atomic E-state index is 0.242. The fraction of sp³-hybridized carbons (Fsp3) is 0.0952. The van der Waals surface area contributed by atoms with Crippen molar-refractivity contribution in [3.63, 3.8) is 0 Å². The Morgan fingerprint density at radius 2 is 1.54 bits per heavy atom. The van der Waals surface area contributed by atoms with Crippen LogP contribution in [0.1, 0.15) is 12.5 Å². The molecule has 24 heavy (non-hydrogen) atoms. The van der Waals surface area contributed by atoms with Crippen LogP contribution in [0.5, 0.6) is 0 Å². The van der Waals surface area contributed by atoms with Crippen molar-refractivity contribution in [1.82, 2.24) is 0 Å². The van der Waals surface area contributed by atoms with E-state index in [1.165, 1.54) is 23.1 Å². The van der Waals surface area contributed by atoms with Gasteiger partial charge in [0.1, 0.15) is 6.61 Å². The Bertz CT molecular complexity index is 889. The SMILES string of the molecule is CC(=O)OCc1ccccc1.c1cc2cc3ccocc3cc2c1. The van der Waals surface area contributed by atoms with Crippen molar-refractivity contribution in [2.45, 2.75) is 13.5 Å². The van der Waals surface area contributed by atoms with E-state index in [2.05, 4.69) is 30.3 Å². The zero-order valence-corrected chi connectivity index (χ0v) is 13.4. The van der Waals surface area contributed by atoms with Crippen LogP contribution in [0.15, 0.2) is 83.7 Å². The molecule has 0 spiro atoms. The molecule has 1 heterocycles. The van der Waals surface area contributed by atoms with Gasteiger partial charge in [-0.25, -0.2) is 0 Å². The summed E-state index contributed by atoms with van der Waals surface area (Å²) in [5.41, 5.74) is 1.02. The molecule has 120 valence electrons. The zero-order valence-electron chi connectivity index (χ0n) is 13.4. The van der Waals surface area contributed by atoms with Crippen molar-refractivity contribution in [3.8, 4) is 0 Å². The standard InChI is InChI=1S/C12H8O.C9H10O2/c1-2-9-6-11-4-5-13-8-12(11)7-10(9)3-1;1-8(10)11-7-9-5-3-2-4-6-9/h1-8H;2-6H,7H2,1H3. The Hall–Kier alpha value is -3.07. The molecule has 0 unspecified atom stereocenters. The van der Waals surface area contributed by atoms with Crippen molar-refractivity contribution >= 4 is 27.5 Å². The first-order chi connectivity index (χ1) is 11.7. The number of rotatable bonds is 2. The van der Waals surface area contributed by atoms with Gasteiger partial charge in [-0.3, -0.25) is 4.79 Å². The zero-order chi connectivity index (χ0) is 16.8. The third kappa shape index (κ3) is 4.02. The molecule has 0 aliphatic rings. The van der Waals surface area contributed by atoms with E-state index in [9.17, 15) is 4.79 Å². The van der Waals surface area contributed by atoms with Crippen LogP contribution in [0.25, 0.3) is 21.5 Å². The second-order valence-corrected chi connectivity index (χ2v) is 5.46. The summed E-state index contributed by atoms with van der Waals surface area (Å²) in [7, 11) is 0. The maximum Gasteiger partial charge on any atom is 0.302 e. The van der Waals surface area contributed by atoms with Gasteiger partial charge in [0.2, 0.25) is 0 Å². The van der Waals surface area contributed by atoms with Gasteiger partial charge in [-0.05, 0) is 39.9 Å². The van der Waals surface area contributed by atoms with E-state index >= 15 is 0 Å². The van der Waals surface area contributed by atoms with E-state index in [-0.39, 0.29) is 5.97 Å². The molecule has 1 aromatic heterocycles. The van der Waals surface area contributed by atoms with Crippen molar-refractivity contribution in [2.75, 3.05) is 0 Å². The van der Waals surface area contributed by atoms with E-state index in [0.29, 0.717) is 6.61 Å². The Labute approximate surface area is 140 Å². The van der Waals surface area contributed by atoms with Gasteiger partial charge in [0, 0.05) is 12.3 Å². The van der Waals surface area contributed by atoms with Crippen LogP contribution in [0.2, 0.25) is 0 Å². The Morgan fingerprint density at radius 1 is 0.875 bits per heavy atom. The number of esters is 1. The Morgan fingerprint density at radius 3 is 2.25 bits per heavy atom. The molecule has 3 heteroatoms. The van der Waals surface area contributed by atoms with E-state index in [0.717, 1.165) is 10.9 Å². The van der Waals surface area contributed by atoms with Crippen LogP contribution >= 0.6 is 0 Å². The average Bonchev–Trinajstić information content (AvgIpc) is 3.06. The fourth-order valence-corrected chi connectivity index (χ4v) is 2.44. The first-order valence-corrected chi connectivity index (χ1v) is 7.74. The first kappa shape index (κ1) is 15.8. The van der Waals surface area contributed by atoms with E-state index < -0.39 is 0 Å². The maximum absolute atomic E-state index is 10.4. The summed E-state index contributed by atoms with van der Waals surface area (Å²) in [5.74, 6) is -0.242. The van der Waals surface area contributed by atoms with E-state index in [4.69, 9.17) is 9.15 Å². The number of hydrogen-bond donors (Lipinski definition) is 0. The molecule has 3 aromatic carbocycles. The summed E-state index contributed by atoms with van der Waals surface area (Å²) in [6.45, 7) is 1.78. The lowest BCUT2D eigenvalue weighted by Gasteiger charge is -1.99. The normalized spacial score (nSPS) is 10.2. The molecule has 0 bridgehead atoms. The van der Waals surface area contributed by atoms with E-state index in [1.807, 2.05) is 36.4 Å². The van der Waals surface area contributed by atoms with Crippen LogP contribution in [0.3, 0.4) is 0 Å². The summed E-state index contributed by atoms with van der Waals surface area (Å²) in [6, 6.07) is 22.2. The number of benzene rings is 2. The smallest absolute Gasteiger partial charge is 0.302 e. The minimum atomic E-state index is -0.242. The second kappa shape index (κ2) is 7.47. The summed E-state index contributed by atoms with van der Waals surface area (Å²) >= 11 is 0. The molecule has 0 saturated heterocycles. The predicted octanol–water partition coefficient (Wildman–Crippen LogP) is 5.34. The third-order valence-electron chi connectivity index (χ3n) is 3.65. The average molecular weight is 318 g/mol. The monoisotopic (exact) mass is 318 g/mol. The Kier molecular flexibility index (Phi) is 4.92. The lowest BCUT2D eigenvalue weighted by molar-refractivity contribution is -0.142. The highest BCUT2D eigenvalue weighted by molar-refractivity contribution is 5.98. The number of fused-ring (bicyclic) bond motifs is 2. The second-order valence-electron chi connectivity index (χ2n) is 5.46. The summed E-state index contributed by atoms with van der Waals surface area (Å²) in [6.07, 6.45) is 3.48. The summed E-state index contributed by atoms with van der Waals surface area (Å²) < 4.78 is 9.90. The summed E-state index contributed by atoms with van der Waals surface area (Å²) in [5, 5.41) is 4.94. The van der Waals surface area contributed by atoms with Crippen molar-refractivity contribution in [1.29, 1.82) is 0 Å². The lowest BCUT2D eigenvalue weighted by Crippen LogP contribution is -1.97. The van der Waals surface area contributed by atoms with Gasteiger partial charge in [-0.1, -0.05) is 48.5 Å². The molecule has 0 aliphatic heterocycles. The molecule has 0 N–H and O–H groups in total. The molecule has 0 saturated carbocycles. The molecule has 3 nitrogen and oxygen atoms in total. The quantitative estimate of drug-likeness (QED) is 0.469. The molecule has 0 aliphatic carbocycles. The molecule has 0 fully saturated rings. The van der Waals surface area contributed by atoms with Gasteiger partial charge < -0.3 is 9.15 Å². The topological polar surface area (TPSA) is 39.4 Å². The fourth-order valence-electron chi connectivity index (χ4n) is 2.44. The minimum Gasteiger partial charge on any atom is -0.472 e. The van der Waals surface area contributed by atoms with Crippen molar-refractivity contribution in [3.05, 3.63) is 84.8 Å². The number of carbonyl (C=O) groups excluding carboxylic acids is 1. The van der Waals surface area contributed by atoms with Crippen LogP contribution in [0.4, 0.5) is 0 Å². The van der Waals surface area contributed by atoms with Crippen LogP contribution in [0, 0.1) is 0 Å². The highest BCUT2D eigenvalue weighted by Gasteiger charge is 1.97. The lowest BCUT2D eigenvalue weighted by atomic mass is 10.1. The number of carbonyl (C=O) groups is 1. The first-order valence-electron chi connectivity index (χ1n) is 7.74. The number of hydrogen-bond acceptors (Lipinski definition) is 3. The van der Waals surface area contributed by atoms with Gasteiger partial charge in [0.05, 0.1) is 12.5 Å². The largest absolute Gasteiger partial charge is 0.472 e. The Balaban J connectivity index is 0.000000144.